The monoisotopic (exact) mass is 229 g/mol. The molecule has 0 saturated carbocycles. The Bertz CT molecular complexity index is 475. The zero-order valence-corrected chi connectivity index (χ0v) is 9.99. The first-order valence-electron chi connectivity index (χ1n) is 5.37. The molecule has 1 aromatic rings. The number of nitriles is 2. The van der Waals surface area contributed by atoms with Gasteiger partial charge in [0.1, 0.15) is 12.1 Å². The van der Waals surface area contributed by atoms with Gasteiger partial charge in [-0.25, -0.2) is 0 Å². The fourth-order valence-electron chi connectivity index (χ4n) is 1.36. The highest BCUT2D eigenvalue weighted by Gasteiger charge is 2.11. The van der Waals surface area contributed by atoms with Crippen molar-refractivity contribution >= 4 is 5.69 Å². The Labute approximate surface area is 101 Å². The highest BCUT2D eigenvalue weighted by Crippen LogP contribution is 2.15. The average molecular weight is 229 g/mol. The van der Waals surface area contributed by atoms with Crippen molar-refractivity contribution in [2.24, 2.45) is 0 Å². The van der Waals surface area contributed by atoms with E-state index in [1.807, 2.05) is 12.1 Å². The molecule has 0 radical (unpaired) electrons. The van der Waals surface area contributed by atoms with E-state index in [4.69, 9.17) is 10.5 Å². The maximum Gasteiger partial charge on any atom is 0.101 e. The van der Waals surface area contributed by atoms with E-state index in [1.54, 1.807) is 32.0 Å². The first kappa shape index (κ1) is 13.0. The summed E-state index contributed by atoms with van der Waals surface area (Å²) in [5, 5.41) is 30.3. The van der Waals surface area contributed by atoms with Crippen molar-refractivity contribution in [3.05, 3.63) is 29.3 Å². The zero-order valence-electron chi connectivity index (χ0n) is 9.99. The Kier molecular flexibility index (Phi) is 4.09. The second-order valence-electron chi connectivity index (χ2n) is 4.47. The molecule has 0 aliphatic carbocycles. The lowest BCUT2D eigenvalue weighted by Gasteiger charge is -2.17. The Morgan fingerprint density at radius 1 is 1.24 bits per heavy atom. The number of hydrogen-bond acceptors (Lipinski definition) is 4. The van der Waals surface area contributed by atoms with Gasteiger partial charge in [0.15, 0.2) is 0 Å². The van der Waals surface area contributed by atoms with Crippen LogP contribution in [-0.2, 0) is 0 Å². The van der Waals surface area contributed by atoms with E-state index < -0.39 is 5.60 Å². The normalized spacial score (nSPS) is 10.4. The van der Waals surface area contributed by atoms with Crippen LogP contribution in [0.25, 0.3) is 0 Å². The van der Waals surface area contributed by atoms with Gasteiger partial charge in [-0.3, -0.25) is 0 Å². The van der Waals surface area contributed by atoms with E-state index in [1.165, 1.54) is 0 Å². The molecular weight excluding hydrogens is 214 g/mol. The fourth-order valence-corrected chi connectivity index (χ4v) is 1.36. The standard InChI is InChI=1S/C13H15N3O/c1-13(2,17)5-6-16-12-4-3-10(8-14)11(7-12)9-15/h3-4,7,16-17H,5-6H2,1-2H3. The number of aliphatic hydroxyl groups is 1. The van der Waals surface area contributed by atoms with E-state index in [0.29, 0.717) is 24.1 Å². The zero-order chi connectivity index (χ0) is 12.9. The summed E-state index contributed by atoms with van der Waals surface area (Å²) in [5.41, 5.74) is 0.809. The third kappa shape index (κ3) is 4.14. The number of anilines is 1. The van der Waals surface area contributed by atoms with Gasteiger partial charge in [-0.15, -0.1) is 0 Å². The van der Waals surface area contributed by atoms with Gasteiger partial charge in [-0.1, -0.05) is 0 Å². The van der Waals surface area contributed by atoms with Crippen molar-refractivity contribution in [2.75, 3.05) is 11.9 Å². The largest absolute Gasteiger partial charge is 0.390 e. The number of nitrogens with one attached hydrogen (secondary N) is 1. The Balaban J connectivity index is 2.69. The van der Waals surface area contributed by atoms with Crippen molar-refractivity contribution in [3.8, 4) is 12.1 Å². The summed E-state index contributed by atoms with van der Waals surface area (Å²) in [4.78, 5) is 0. The molecule has 0 heterocycles. The van der Waals surface area contributed by atoms with Crippen molar-refractivity contribution in [2.45, 2.75) is 25.9 Å². The number of rotatable bonds is 4. The van der Waals surface area contributed by atoms with Crippen molar-refractivity contribution in [3.63, 3.8) is 0 Å². The Morgan fingerprint density at radius 3 is 2.41 bits per heavy atom. The third-order valence-corrected chi connectivity index (χ3v) is 2.33. The van der Waals surface area contributed by atoms with E-state index >= 15 is 0 Å². The average Bonchev–Trinajstić information content (AvgIpc) is 2.27. The minimum atomic E-state index is -0.711. The third-order valence-electron chi connectivity index (χ3n) is 2.33. The first-order valence-corrected chi connectivity index (χ1v) is 5.37. The van der Waals surface area contributed by atoms with Gasteiger partial charge >= 0.3 is 0 Å². The molecule has 1 rings (SSSR count). The van der Waals surface area contributed by atoms with Gasteiger partial charge in [-0.2, -0.15) is 10.5 Å². The lowest BCUT2D eigenvalue weighted by Crippen LogP contribution is -2.22. The second kappa shape index (κ2) is 5.34. The minimum Gasteiger partial charge on any atom is -0.390 e. The van der Waals surface area contributed by atoms with E-state index in [0.717, 1.165) is 5.69 Å². The predicted molar refractivity (Wildman–Crippen MR) is 65.3 cm³/mol. The summed E-state index contributed by atoms with van der Waals surface area (Å²) in [5.74, 6) is 0. The van der Waals surface area contributed by atoms with Crippen LogP contribution in [0.5, 0.6) is 0 Å². The van der Waals surface area contributed by atoms with Crippen LogP contribution < -0.4 is 5.32 Å². The SMILES string of the molecule is CC(C)(O)CCNc1ccc(C#N)c(C#N)c1. The minimum absolute atomic E-state index is 0.362. The maximum absolute atomic E-state index is 9.54. The van der Waals surface area contributed by atoms with Crippen LogP contribution in [0.1, 0.15) is 31.4 Å². The van der Waals surface area contributed by atoms with Crippen LogP contribution in [0.4, 0.5) is 5.69 Å². The molecular formula is C13H15N3O. The van der Waals surface area contributed by atoms with Crippen molar-refractivity contribution < 1.29 is 5.11 Å². The molecule has 0 aliphatic heterocycles. The molecule has 2 N–H and O–H groups in total. The van der Waals surface area contributed by atoms with Crippen molar-refractivity contribution in [1.82, 2.24) is 0 Å². The molecule has 0 saturated heterocycles. The summed E-state index contributed by atoms with van der Waals surface area (Å²) in [7, 11) is 0. The van der Waals surface area contributed by atoms with Crippen molar-refractivity contribution in [1.29, 1.82) is 10.5 Å². The topological polar surface area (TPSA) is 79.8 Å². The molecule has 0 aliphatic rings. The van der Waals surface area contributed by atoms with Crippen LogP contribution in [0.15, 0.2) is 18.2 Å². The first-order chi connectivity index (χ1) is 7.96. The van der Waals surface area contributed by atoms with Gasteiger partial charge in [0.2, 0.25) is 0 Å². The summed E-state index contributed by atoms with van der Waals surface area (Å²) < 4.78 is 0. The molecule has 17 heavy (non-hydrogen) atoms. The molecule has 0 amide bonds. The van der Waals surface area contributed by atoms with Gasteiger partial charge in [0.25, 0.3) is 0 Å². The highest BCUT2D eigenvalue weighted by atomic mass is 16.3. The van der Waals surface area contributed by atoms with Crippen LogP contribution >= 0.6 is 0 Å². The molecule has 0 unspecified atom stereocenters. The molecule has 0 fully saturated rings. The highest BCUT2D eigenvalue weighted by molar-refractivity contribution is 5.56. The Hall–Kier alpha value is -2.04. The molecule has 0 spiro atoms. The molecule has 0 bridgehead atoms. The van der Waals surface area contributed by atoms with E-state index in [9.17, 15) is 5.11 Å². The second-order valence-corrected chi connectivity index (χ2v) is 4.47. The Morgan fingerprint density at radius 2 is 1.88 bits per heavy atom. The van der Waals surface area contributed by atoms with Crippen LogP contribution in [0.2, 0.25) is 0 Å². The summed E-state index contributed by atoms with van der Waals surface area (Å²) >= 11 is 0. The molecule has 4 heteroatoms. The summed E-state index contributed by atoms with van der Waals surface area (Å²) in [6.45, 7) is 4.10. The summed E-state index contributed by atoms with van der Waals surface area (Å²) in [6.07, 6.45) is 0.606. The van der Waals surface area contributed by atoms with Gasteiger partial charge in [-0.05, 0) is 38.5 Å². The lowest BCUT2D eigenvalue weighted by molar-refractivity contribution is 0.0749. The van der Waals surface area contributed by atoms with Gasteiger partial charge in [0.05, 0.1) is 16.7 Å². The smallest absolute Gasteiger partial charge is 0.101 e. The summed E-state index contributed by atoms with van der Waals surface area (Å²) in [6, 6.07) is 8.96. The molecule has 0 aromatic heterocycles. The number of hydrogen-bond donors (Lipinski definition) is 2. The quantitative estimate of drug-likeness (QED) is 0.827. The predicted octanol–water partition coefficient (Wildman–Crippen LogP) is 2.00. The van der Waals surface area contributed by atoms with Gasteiger partial charge < -0.3 is 10.4 Å². The lowest BCUT2D eigenvalue weighted by atomic mass is 10.1. The molecule has 0 atom stereocenters. The molecule has 1 aromatic carbocycles. The molecule has 4 nitrogen and oxygen atoms in total. The maximum atomic E-state index is 9.54. The van der Waals surface area contributed by atoms with Gasteiger partial charge in [0, 0.05) is 12.2 Å². The molecule has 88 valence electrons. The van der Waals surface area contributed by atoms with E-state index in [2.05, 4.69) is 5.32 Å². The number of nitrogens with zero attached hydrogens (tertiary/aromatic N) is 2. The van der Waals surface area contributed by atoms with Crippen LogP contribution in [-0.4, -0.2) is 17.3 Å². The van der Waals surface area contributed by atoms with Crippen LogP contribution in [0, 0.1) is 22.7 Å². The van der Waals surface area contributed by atoms with E-state index in [-0.39, 0.29) is 0 Å². The fraction of sp³-hybridized carbons (Fsp3) is 0.385. The van der Waals surface area contributed by atoms with Crippen LogP contribution in [0.3, 0.4) is 0 Å². The number of benzene rings is 1.